The van der Waals surface area contributed by atoms with E-state index in [1.807, 2.05) is 6.07 Å². The van der Waals surface area contributed by atoms with E-state index in [1.54, 1.807) is 24.3 Å². The summed E-state index contributed by atoms with van der Waals surface area (Å²) in [5.74, 6) is -0.126. The molecule has 0 spiro atoms. The van der Waals surface area contributed by atoms with E-state index in [0.717, 1.165) is 37.1 Å². The van der Waals surface area contributed by atoms with Gasteiger partial charge in [-0.1, -0.05) is 19.4 Å². The summed E-state index contributed by atoms with van der Waals surface area (Å²) in [6.07, 6.45) is 5.82. The summed E-state index contributed by atoms with van der Waals surface area (Å²) >= 11 is 0. The standard InChI is InChI=1S/C21H24N2O2/c1-2-3-7-20(24)22-18-11-9-16(10-12-18)21(25)23-19-13-8-15-5-4-6-17(15)14-19/h8-14H,2-7H2,1H3,(H,22,24)(H,23,25). The van der Waals surface area contributed by atoms with Crippen molar-refractivity contribution < 1.29 is 9.59 Å². The van der Waals surface area contributed by atoms with Gasteiger partial charge in [0.15, 0.2) is 0 Å². The molecule has 0 radical (unpaired) electrons. The van der Waals surface area contributed by atoms with Gasteiger partial charge in [-0.25, -0.2) is 0 Å². The van der Waals surface area contributed by atoms with Crippen molar-refractivity contribution in [2.24, 2.45) is 0 Å². The lowest BCUT2D eigenvalue weighted by molar-refractivity contribution is -0.116. The molecule has 3 rings (SSSR count). The number of nitrogens with one attached hydrogen (secondary N) is 2. The molecular formula is C21H24N2O2. The number of amides is 2. The van der Waals surface area contributed by atoms with E-state index < -0.39 is 0 Å². The average Bonchev–Trinajstić information content (AvgIpc) is 3.08. The first-order valence-electron chi connectivity index (χ1n) is 8.99. The van der Waals surface area contributed by atoms with E-state index in [2.05, 4.69) is 29.7 Å². The first-order chi connectivity index (χ1) is 12.2. The quantitative estimate of drug-likeness (QED) is 0.812. The summed E-state index contributed by atoms with van der Waals surface area (Å²) < 4.78 is 0. The van der Waals surface area contributed by atoms with Crippen LogP contribution in [0.5, 0.6) is 0 Å². The number of carbonyl (C=O) groups excluding carboxylic acids is 2. The number of anilines is 2. The summed E-state index contributed by atoms with van der Waals surface area (Å²) in [7, 11) is 0. The smallest absolute Gasteiger partial charge is 0.255 e. The molecular weight excluding hydrogens is 312 g/mol. The predicted octanol–water partition coefficient (Wildman–Crippen LogP) is 4.56. The van der Waals surface area contributed by atoms with Crippen LogP contribution in [0, 0.1) is 0 Å². The fraction of sp³-hybridized carbons (Fsp3) is 0.333. The second-order valence-corrected chi connectivity index (χ2v) is 6.52. The van der Waals surface area contributed by atoms with Gasteiger partial charge in [0.1, 0.15) is 0 Å². The highest BCUT2D eigenvalue weighted by atomic mass is 16.2. The Morgan fingerprint density at radius 1 is 0.920 bits per heavy atom. The van der Waals surface area contributed by atoms with Crippen LogP contribution in [0.15, 0.2) is 42.5 Å². The Morgan fingerprint density at radius 3 is 2.40 bits per heavy atom. The number of carbonyl (C=O) groups is 2. The van der Waals surface area contributed by atoms with Crippen LogP contribution in [0.25, 0.3) is 0 Å². The minimum atomic E-state index is -0.137. The lowest BCUT2D eigenvalue weighted by atomic mass is 10.1. The molecule has 0 unspecified atom stereocenters. The van der Waals surface area contributed by atoms with Crippen LogP contribution in [-0.2, 0) is 17.6 Å². The molecule has 0 heterocycles. The van der Waals surface area contributed by atoms with Crippen molar-refractivity contribution in [1.29, 1.82) is 0 Å². The Hall–Kier alpha value is -2.62. The van der Waals surface area contributed by atoms with Gasteiger partial charge in [-0.15, -0.1) is 0 Å². The van der Waals surface area contributed by atoms with Gasteiger partial charge in [-0.2, -0.15) is 0 Å². The molecule has 2 amide bonds. The van der Waals surface area contributed by atoms with Crippen molar-refractivity contribution in [3.63, 3.8) is 0 Å². The fourth-order valence-corrected chi connectivity index (χ4v) is 3.12. The summed E-state index contributed by atoms with van der Waals surface area (Å²) in [6.45, 7) is 2.06. The van der Waals surface area contributed by atoms with E-state index in [4.69, 9.17) is 0 Å². The van der Waals surface area contributed by atoms with E-state index in [1.165, 1.54) is 17.5 Å². The zero-order chi connectivity index (χ0) is 17.6. The van der Waals surface area contributed by atoms with Crippen molar-refractivity contribution in [2.45, 2.75) is 45.4 Å². The second kappa shape index (κ2) is 7.97. The summed E-state index contributed by atoms with van der Waals surface area (Å²) in [5.41, 5.74) is 4.86. The number of benzene rings is 2. The average molecular weight is 336 g/mol. The molecule has 130 valence electrons. The molecule has 1 aliphatic rings. The maximum Gasteiger partial charge on any atom is 0.255 e. The maximum atomic E-state index is 12.4. The molecule has 0 aromatic heterocycles. The van der Waals surface area contributed by atoms with E-state index >= 15 is 0 Å². The molecule has 2 aromatic carbocycles. The van der Waals surface area contributed by atoms with Crippen LogP contribution in [0.1, 0.15) is 54.1 Å². The predicted molar refractivity (Wildman–Crippen MR) is 101 cm³/mol. The number of unbranched alkanes of at least 4 members (excludes halogenated alkanes) is 1. The van der Waals surface area contributed by atoms with Crippen molar-refractivity contribution in [1.82, 2.24) is 0 Å². The first kappa shape index (κ1) is 17.2. The van der Waals surface area contributed by atoms with Crippen LogP contribution < -0.4 is 10.6 Å². The van der Waals surface area contributed by atoms with Gasteiger partial charge in [-0.05, 0) is 73.2 Å². The van der Waals surface area contributed by atoms with Crippen molar-refractivity contribution >= 4 is 23.2 Å². The van der Waals surface area contributed by atoms with Gasteiger partial charge < -0.3 is 10.6 Å². The molecule has 0 saturated carbocycles. The number of fused-ring (bicyclic) bond motifs is 1. The lowest BCUT2D eigenvalue weighted by Gasteiger charge is -2.09. The Bertz CT molecular complexity index is 766. The Balaban J connectivity index is 1.60. The van der Waals surface area contributed by atoms with E-state index in [-0.39, 0.29) is 11.8 Å². The lowest BCUT2D eigenvalue weighted by Crippen LogP contribution is -2.13. The molecule has 4 nitrogen and oxygen atoms in total. The van der Waals surface area contributed by atoms with Crippen LogP contribution in [-0.4, -0.2) is 11.8 Å². The highest BCUT2D eigenvalue weighted by Gasteiger charge is 2.12. The molecule has 25 heavy (non-hydrogen) atoms. The number of hydrogen-bond acceptors (Lipinski definition) is 2. The zero-order valence-electron chi connectivity index (χ0n) is 14.6. The van der Waals surface area contributed by atoms with Gasteiger partial charge in [0, 0.05) is 23.4 Å². The summed E-state index contributed by atoms with van der Waals surface area (Å²) in [6, 6.07) is 13.1. The Morgan fingerprint density at radius 2 is 1.64 bits per heavy atom. The van der Waals surface area contributed by atoms with Gasteiger partial charge >= 0.3 is 0 Å². The molecule has 0 atom stereocenters. The molecule has 0 bridgehead atoms. The van der Waals surface area contributed by atoms with Gasteiger partial charge in [0.25, 0.3) is 5.91 Å². The van der Waals surface area contributed by atoms with Crippen LogP contribution >= 0.6 is 0 Å². The second-order valence-electron chi connectivity index (χ2n) is 6.52. The third-order valence-electron chi connectivity index (χ3n) is 4.54. The van der Waals surface area contributed by atoms with Crippen LogP contribution in [0.4, 0.5) is 11.4 Å². The zero-order valence-corrected chi connectivity index (χ0v) is 14.6. The first-order valence-corrected chi connectivity index (χ1v) is 8.99. The van der Waals surface area contributed by atoms with Gasteiger partial charge in [0.05, 0.1) is 0 Å². The molecule has 2 N–H and O–H groups in total. The fourth-order valence-electron chi connectivity index (χ4n) is 3.12. The van der Waals surface area contributed by atoms with Gasteiger partial charge in [0.2, 0.25) is 5.91 Å². The third-order valence-corrected chi connectivity index (χ3v) is 4.54. The molecule has 0 saturated heterocycles. The Labute approximate surface area is 148 Å². The van der Waals surface area contributed by atoms with Crippen molar-refractivity contribution in [3.05, 3.63) is 59.2 Å². The monoisotopic (exact) mass is 336 g/mol. The SMILES string of the molecule is CCCCC(=O)Nc1ccc(C(=O)Nc2ccc3c(c2)CCC3)cc1. The summed E-state index contributed by atoms with van der Waals surface area (Å²) in [4.78, 5) is 24.1. The largest absolute Gasteiger partial charge is 0.326 e. The number of hydrogen-bond donors (Lipinski definition) is 2. The molecule has 2 aromatic rings. The normalized spacial score (nSPS) is 12.5. The maximum absolute atomic E-state index is 12.4. The molecule has 4 heteroatoms. The highest BCUT2D eigenvalue weighted by Crippen LogP contribution is 2.25. The van der Waals surface area contributed by atoms with Gasteiger partial charge in [-0.3, -0.25) is 9.59 Å². The van der Waals surface area contributed by atoms with E-state index in [0.29, 0.717) is 12.0 Å². The van der Waals surface area contributed by atoms with Crippen LogP contribution in [0.3, 0.4) is 0 Å². The van der Waals surface area contributed by atoms with Crippen LogP contribution in [0.2, 0.25) is 0 Å². The van der Waals surface area contributed by atoms with E-state index in [9.17, 15) is 9.59 Å². The molecule has 0 fully saturated rings. The Kier molecular flexibility index (Phi) is 5.49. The van der Waals surface area contributed by atoms with Crippen molar-refractivity contribution in [2.75, 3.05) is 10.6 Å². The number of rotatable bonds is 6. The molecule has 1 aliphatic carbocycles. The highest BCUT2D eigenvalue weighted by molar-refractivity contribution is 6.04. The molecule has 0 aliphatic heterocycles. The topological polar surface area (TPSA) is 58.2 Å². The number of aryl methyl sites for hydroxylation is 2. The third kappa shape index (κ3) is 4.47. The minimum absolute atomic E-state index is 0.0113. The minimum Gasteiger partial charge on any atom is -0.326 e. The van der Waals surface area contributed by atoms with Crippen molar-refractivity contribution in [3.8, 4) is 0 Å². The summed E-state index contributed by atoms with van der Waals surface area (Å²) in [5, 5.41) is 5.80.